The molecule has 0 saturated carbocycles. The van der Waals surface area contributed by atoms with Crippen molar-refractivity contribution in [1.29, 1.82) is 0 Å². The lowest BCUT2D eigenvalue weighted by molar-refractivity contribution is 0.387. The van der Waals surface area contributed by atoms with E-state index < -0.39 is 0 Å². The smallest absolute Gasteiger partial charge is 0.229 e. The quantitative estimate of drug-likeness (QED) is 0.292. The number of methoxy groups -OCH3 is 1. The first-order chi connectivity index (χ1) is 16.6. The zero-order valence-electron chi connectivity index (χ0n) is 18.2. The third-order valence-corrected chi connectivity index (χ3v) is 5.90. The van der Waals surface area contributed by atoms with Gasteiger partial charge in [0.25, 0.3) is 0 Å². The van der Waals surface area contributed by atoms with Gasteiger partial charge in [-0.3, -0.25) is 4.68 Å². The maximum absolute atomic E-state index is 6.08. The van der Waals surface area contributed by atoms with Crippen molar-refractivity contribution in [1.82, 2.24) is 29.7 Å². The number of ether oxygens (including phenoxy) is 1. The Hall–Kier alpha value is -3.89. The number of fused-ring (bicyclic) bond motifs is 1. The summed E-state index contributed by atoms with van der Waals surface area (Å²) >= 11 is 7.45. The Morgan fingerprint density at radius 2 is 1.88 bits per heavy atom. The zero-order valence-corrected chi connectivity index (χ0v) is 19.8. The highest BCUT2D eigenvalue weighted by Crippen LogP contribution is 2.32. The Morgan fingerprint density at radius 1 is 0.971 bits per heavy atom. The number of aryl methyl sites for hydroxylation is 1. The van der Waals surface area contributed by atoms with Gasteiger partial charge in [0.2, 0.25) is 11.8 Å². The number of pyridine rings is 2. The second-order valence-corrected chi connectivity index (χ2v) is 8.59. The first-order valence-corrected chi connectivity index (χ1v) is 11.4. The lowest BCUT2D eigenvalue weighted by Gasteiger charge is -2.10. The van der Waals surface area contributed by atoms with Crippen LogP contribution in [0.25, 0.3) is 22.2 Å². The van der Waals surface area contributed by atoms with Gasteiger partial charge in [-0.2, -0.15) is 10.1 Å². The van der Waals surface area contributed by atoms with E-state index in [9.17, 15) is 0 Å². The van der Waals surface area contributed by atoms with E-state index >= 15 is 0 Å². The van der Waals surface area contributed by atoms with Crippen molar-refractivity contribution in [3.05, 3.63) is 72.4 Å². The van der Waals surface area contributed by atoms with Gasteiger partial charge in [-0.25, -0.2) is 15.0 Å². The fourth-order valence-electron chi connectivity index (χ4n) is 3.27. The van der Waals surface area contributed by atoms with Crippen LogP contribution in [0.4, 0.5) is 17.3 Å². The minimum absolute atomic E-state index is 0.468. The minimum atomic E-state index is 0.468. The highest BCUT2D eigenvalue weighted by atomic mass is 35.5. The van der Waals surface area contributed by atoms with Crippen LogP contribution in [-0.2, 0) is 7.05 Å². The molecule has 5 rings (SSSR count). The van der Waals surface area contributed by atoms with Gasteiger partial charge in [0.1, 0.15) is 0 Å². The predicted octanol–water partition coefficient (Wildman–Crippen LogP) is 5.35. The summed E-state index contributed by atoms with van der Waals surface area (Å²) in [6, 6.07) is 11.9. The highest BCUT2D eigenvalue weighted by molar-refractivity contribution is 8.00. The number of hydrogen-bond donors (Lipinski definition) is 2. The molecule has 170 valence electrons. The zero-order chi connectivity index (χ0) is 23.5. The Bertz CT molecular complexity index is 1470. The lowest BCUT2D eigenvalue weighted by Crippen LogP contribution is -1.97. The molecule has 0 radical (unpaired) electrons. The molecule has 0 atom stereocenters. The molecule has 0 fully saturated rings. The maximum atomic E-state index is 6.08. The van der Waals surface area contributed by atoms with E-state index in [-0.39, 0.29) is 0 Å². The Balaban J connectivity index is 1.34. The van der Waals surface area contributed by atoms with Crippen LogP contribution in [0.1, 0.15) is 0 Å². The summed E-state index contributed by atoms with van der Waals surface area (Å²) in [6.07, 6.45) is 8.68. The SMILES string of the molecule is COc1ncc(Cl)cc1SNc1cccc(-c2cnc3nc(Nc4cnn(C)c4)ncc3c2)c1. The molecule has 34 heavy (non-hydrogen) atoms. The third-order valence-electron chi connectivity index (χ3n) is 4.85. The number of nitrogens with zero attached hydrogens (tertiary/aromatic N) is 6. The van der Waals surface area contributed by atoms with Crippen molar-refractivity contribution >= 4 is 51.9 Å². The van der Waals surface area contributed by atoms with Crippen molar-refractivity contribution in [3.63, 3.8) is 0 Å². The number of halogens is 1. The number of rotatable bonds is 7. The lowest BCUT2D eigenvalue weighted by atomic mass is 10.1. The predicted molar refractivity (Wildman–Crippen MR) is 135 cm³/mol. The number of nitrogens with one attached hydrogen (secondary N) is 2. The van der Waals surface area contributed by atoms with E-state index in [0.29, 0.717) is 22.5 Å². The van der Waals surface area contributed by atoms with Crippen molar-refractivity contribution in [3.8, 4) is 17.0 Å². The normalized spacial score (nSPS) is 10.9. The van der Waals surface area contributed by atoms with Crippen LogP contribution in [0.5, 0.6) is 5.88 Å². The summed E-state index contributed by atoms with van der Waals surface area (Å²) in [5, 5.41) is 8.65. The van der Waals surface area contributed by atoms with Crippen molar-refractivity contribution < 1.29 is 4.74 Å². The third kappa shape index (κ3) is 4.87. The summed E-state index contributed by atoms with van der Waals surface area (Å²) in [5.74, 6) is 0.976. The molecular weight excluding hydrogens is 472 g/mol. The molecule has 0 unspecified atom stereocenters. The van der Waals surface area contributed by atoms with E-state index in [2.05, 4.69) is 35.1 Å². The number of anilines is 3. The second-order valence-electron chi connectivity index (χ2n) is 7.30. The van der Waals surface area contributed by atoms with Gasteiger partial charge in [-0.05, 0) is 41.8 Å². The molecule has 1 aromatic carbocycles. The molecule has 0 aliphatic heterocycles. The van der Waals surface area contributed by atoms with Crippen LogP contribution in [0.2, 0.25) is 5.02 Å². The number of benzene rings is 1. The van der Waals surface area contributed by atoms with E-state index in [1.54, 1.807) is 42.6 Å². The summed E-state index contributed by atoms with van der Waals surface area (Å²) in [5.41, 5.74) is 4.30. The van der Waals surface area contributed by atoms with Crippen LogP contribution in [0.3, 0.4) is 0 Å². The Kier molecular flexibility index (Phi) is 6.15. The van der Waals surface area contributed by atoms with E-state index in [0.717, 1.165) is 32.8 Å². The van der Waals surface area contributed by atoms with Gasteiger partial charge in [-0.1, -0.05) is 23.7 Å². The van der Waals surface area contributed by atoms with Crippen LogP contribution in [0, 0.1) is 0 Å². The van der Waals surface area contributed by atoms with Gasteiger partial charge in [0.15, 0.2) is 5.65 Å². The monoisotopic (exact) mass is 490 g/mol. The minimum Gasteiger partial charge on any atom is -0.480 e. The fraction of sp³-hybridized carbons (Fsp3) is 0.0870. The molecule has 0 amide bonds. The molecule has 9 nitrogen and oxygen atoms in total. The van der Waals surface area contributed by atoms with E-state index in [1.807, 2.05) is 43.6 Å². The van der Waals surface area contributed by atoms with Gasteiger partial charge in [0, 0.05) is 48.5 Å². The molecule has 4 aromatic heterocycles. The number of hydrogen-bond acceptors (Lipinski definition) is 9. The van der Waals surface area contributed by atoms with E-state index in [1.165, 1.54) is 11.9 Å². The van der Waals surface area contributed by atoms with Crippen molar-refractivity contribution in [2.24, 2.45) is 7.05 Å². The topological polar surface area (TPSA) is 103 Å². The average Bonchev–Trinajstić information content (AvgIpc) is 3.27. The van der Waals surface area contributed by atoms with Gasteiger partial charge >= 0.3 is 0 Å². The van der Waals surface area contributed by atoms with Crippen LogP contribution in [0.15, 0.2) is 72.3 Å². The van der Waals surface area contributed by atoms with Gasteiger partial charge < -0.3 is 14.8 Å². The average molecular weight is 491 g/mol. The van der Waals surface area contributed by atoms with Gasteiger partial charge in [0.05, 0.1) is 28.9 Å². The molecule has 0 aliphatic carbocycles. The first kappa shape index (κ1) is 21.9. The molecule has 0 aliphatic rings. The van der Waals surface area contributed by atoms with Crippen LogP contribution >= 0.6 is 23.5 Å². The van der Waals surface area contributed by atoms with Crippen LogP contribution < -0.4 is 14.8 Å². The Labute approximate surface area is 204 Å². The summed E-state index contributed by atoms with van der Waals surface area (Å²) in [7, 11) is 3.43. The molecule has 4 heterocycles. The highest BCUT2D eigenvalue weighted by Gasteiger charge is 2.09. The molecule has 2 N–H and O–H groups in total. The fourth-order valence-corrected chi connectivity index (χ4v) is 4.25. The van der Waals surface area contributed by atoms with Gasteiger partial charge in [-0.15, -0.1) is 0 Å². The standard InChI is InChI=1S/C23H19ClN8OS/c1-32-13-19(12-28-32)29-23-27-10-16-6-15(9-25-21(16)30-23)14-4-3-5-18(7-14)31-34-20-8-17(24)11-26-22(20)33-2/h3-13,31H,1-2H3,(H,25,27,29,30). The van der Waals surface area contributed by atoms with Crippen molar-refractivity contribution in [2.75, 3.05) is 17.1 Å². The molecule has 0 bridgehead atoms. The largest absolute Gasteiger partial charge is 0.480 e. The molecule has 5 aromatic rings. The molecule has 0 saturated heterocycles. The van der Waals surface area contributed by atoms with E-state index in [4.69, 9.17) is 16.3 Å². The second kappa shape index (κ2) is 9.54. The maximum Gasteiger partial charge on any atom is 0.229 e. The molecule has 11 heteroatoms. The first-order valence-electron chi connectivity index (χ1n) is 10.2. The molecular formula is C23H19ClN8OS. The Morgan fingerprint density at radius 3 is 2.71 bits per heavy atom. The van der Waals surface area contributed by atoms with Crippen LogP contribution in [-0.4, -0.2) is 36.8 Å². The van der Waals surface area contributed by atoms with Crippen molar-refractivity contribution in [2.45, 2.75) is 4.90 Å². The summed E-state index contributed by atoms with van der Waals surface area (Å²) in [4.78, 5) is 18.4. The summed E-state index contributed by atoms with van der Waals surface area (Å²) < 4.78 is 10.3. The molecule has 0 spiro atoms. The number of aromatic nitrogens is 6. The summed E-state index contributed by atoms with van der Waals surface area (Å²) in [6.45, 7) is 0.